The summed E-state index contributed by atoms with van der Waals surface area (Å²) in [4.78, 5) is 10.4. The molecule has 0 atom stereocenters. The average Bonchev–Trinajstić information content (AvgIpc) is 3.24. The van der Waals surface area contributed by atoms with E-state index in [1.165, 1.54) is 22.3 Å². The SMILES string of the molecule is Cc1cccc(C(C)C)c1N=C(Cn1nc(C=Nc2c(C(C)C)cccc2C(C)C)c2ccccc21)C(C)(C)C. The van der Waals surface area contributed by atoms with Crippen LogP contribution in [0.4, 0.5) is 11.4 Å². The summed E-state index contributed by atoms with van der Waals surface area (Å²) in [5, 5.41) is 6.22. The smallest absolute Gasteiger partial charge is 0.111 e. The minimum absolute atomic E-state index is 0.125. The van der Waals surface area contributed by atoms with Crippen molar-refractivity contribution in [1.29, 1.82) is 0 Å². The van der Waals surface area contributed by atoms with Gasteiger partial charge in [0.25, 0.3) is 0 Å². The fraction of sp³-hybridized carbons (Fsp3) is 0.417. The molecule has 4 aromatic rings. The van der Waals surface area contributed by atoms with Crippen LogP contribution in [0.15, 0.2) is 70.6 Å². The van der Waals surface area contributed by atoms with E-state index in [1.807, 2.05) is 6.21 Å². The summed E-state index contributed by atoms with van der Waals surface area (Å²) in [6.07, 6.45) is 1.96. The first-order chi connectivity index (χ1) is 18.9. The Labute approximate surface area is 241 Å². The molecule has 0 aliphatic carbocycles. The van der Waals surface area contributed by atoms with Crippen LogP contribution in [-0.4, -0.2) is 21.7 Å². The number of benzene rings is 3. The minimum Gasteiger partial charge on any atom is -0.259 e. The summed E-state index contributed by atoms with van der Waals surface area (Å²) in [5.41, 5.74) is 10.1. The van der Waals surface area contributed by atoms with Crippen molar-refractivity contribution in [3.8, 4) is 0 Å². The molecular weight excluding hydrogens is 488 g/mol. The van der Waals surface area contributed by atoms with Crippen molar-refractivity contribution >= 4 is 34.2 Å². The van der Waals surface area contributed by atoms with E-state index in [2.05, 4.69) is 135 Å². The van der Waals surface area contributed by atoms with Crippen LogP contribution in [0.5, 0.6) is 0 Å². The number of nitrogens with zero attached hydrogens (tertiary/aromatic N) is 4. The van der Waals surface area contributed by atoms with Crippen molar-refractivity contribution in [2.75, 3.05) is 0 Å². The van der Waals surface area contributed by atoms with E-state index >= 15 is 0 Å². The van der Waals surface area contributed by atoms with Crippen molar-refractivity contribution in [2.45, 2.75) is 93.5 Å². The standard InChI is InChI=1S/C36H46N4/c1-23(2)27-17-13-15-26(7)34(27)38-33(36(8,9)10)22-40-32-20-12-11-16-30(32)31(39-40)21-37-35-28(24(3)4)18-14-19-29(35)25(5)6/h11-21,23-25H,22H2,1-10H3. The molecule has 0 radical (unpaired) electrons. The molecule has 0 aliphatic heterocycles. The van der Waals surface area contributed by atoms with Gasteiger partial charge in [0.2, 0.25) is 0 Å². The van der Waals surface area contributed by atoms with E-state index in [0.717, 1.165) is 33.7 Å². The van der Waals surface area contributed by atoms with E-state index < -0.39 is 0 Å². The molecule has 0 amide bonds. The van der Waals surface area contributed by atoms with Crippen LogP contribution in [0.25, 0.3) is 10.9 Å². The van der Waals surface area contributed by atoms with Crippen LogP contribution >= 0.6 is 0 Å². The number of aromatic nitrogens is 2. The Kier molecular flexibility index (Phi) is 8.77. The summed E-state index contributed by atoms with van der Waals surface area (Å²) < 4.78 is 2.10. The number of hydrogen-bond donors (Lipinski definition) is 0. The molecule has 1 aromatic heterocycles. The van der Waals surface area contributed by atoms with Crippen molar-refractivity contribution in [2.24, 2.45) is 15.4 Å². The predicted octanol–water partition coefficient (Wildman–Crippen LogP) is 10.3. The zero-order chi connectivity index (χ0) is 29.2. The molecule has 0 aliphatic rings. The van der Waals surface area contributed by atoms with Crippen molar-refractivity contribution in [3.63, 3.8) is 0 Å². The Morgan fingerprint density at radius 1 is 0.775 bits per heavy atom. The third kappa shape index (κ3) is 6.27. The minimum atomic E-state index is -0.125. The highest BCUT2D eigenvalue weighted by molar-refractivity contribution is 5.99. The molecule has 0 saturated carbocycles. The van der Waals surface area contributed by atoms with Crippen LogP contribution in [0.3, 0.4) is 0 Å². The second kappa shape index (κ2) is 11.9. The fourth-order valence-corrected chi connectivity index (χ4v) is 5.17. The van der Waals surface area contributed by atoms with E-state index in [-0.39, 0.29) is 5.41 Å². The quantitative estimate of drug-likeness (QED) is 0.207. The van der Waals surface area contributed by atoms with E-state index in [9.17, 15) is 0 Å². The highest BCUT2D eigenvalue weighted by atomic mass is 15.3. The van der Waals surface area contributed by atoms with Gasteiger partial charge < -0.3 is 0 Å². The summed E-state index contributed by atoms with van der Waals surface area (Å²) in [6, 6.07) is 21.5. The topological polar surface area (TPSA) is 42.5 Å². The molecule has 1 heterocycles. The number of aryl methyl sites for hydroxylation is 1. The number of rotatable bonds is 8. The summed E-state index contributed by atoms with van der Waals surface area (Å²) >= 11 is 0. The Bertz CT molecular complexity index is 1510. The van der Waals surface area contributed by atoms with Crippen molar-refractivity contribution < 1.29 is 0 Å². The third-order valence-corrected chi connectivity index (χ3v) is 7.65. The summed E-state index contributed by atoms with van der Waals surface area (Å²) in [5.74, 6) is 1.18. The van der Waals surface area contributed by atoms with Gasteiger partial charge in [0, 0.05) is 16.5 Å². The maximum absolute atomic E-state index is 5.34. The molecule has 0 fully saturated rings. The number of aliphatic imine (C=N–C) groups is 2. The summed E-state index contributed by atoms with van der Waals surface area (Å²) in [7, 11) is 0. The second-order valence-electron chi connectivity index (χ2n) is 12.9. The van der Waals surface area contributed by atoms with Crippen LogP contribution in [0, 0.1) is 12.3 Å². The van der Waals surface area contributed by atoms with Gasteiger partial charge in [-0.05, 0) is 53.0 Å². The second-order valence-corrected chi connectivity index (χ2v) is 12.9. The van der Waals surface area contributed by atoms with Gasteiger partial charge in [-0.15, -0.1) is 0 Å². The third-order valence-electron chi connectivity index (χ3n) is 7.65. The molecule has 0 spiro atoms. The number of hydrogen-bond acceptors (Lipinski definition) is 3. The molecule has 4 nitrogen and oxygen atoms in total. The van der Waals surface area contributed by atoms with Crippen LogP contribution in [0.1, 0.15) is 108 Å². The lowest BCUT2D eigenvalue weighted by atomic mass is 9.89. The van der Waals surface area contributed by atoms with Gasteiger partial charge in [0.05, 0.1) is 29.7 Å². The van der Waals surface area contributed by atoms with Gasteiger partial charge in [0.1, 0.15) is 5.69 Å². The lowest BCUT2D eigenvalue weighted by Gasteiger charge is -2.23. The molecule has 0 saturated heterocycles. The molecule has 0 N–H and O–H groups in total. The zero-order valence-electron chi connectivity index (χ0n) is 26.1. The molecule has 210 valence electrons. The Balaban J connectivity index is 1.82. The molecule has 3 aromatic carbocycles. The largest absolute Gasteiger partial charge is 0.259 e. The predicted molar refractivity (Wildman–Crippen MR) is 173 cm³/mol. The fourth-order valence-electron chi connectivity index (χ4n) is 5.17. The first-order valence-corrected chi connectivity index (χ1v) is 14.7. The molecule has 0 unspecified atom stereocenters. The van der Waals surface area contributed by atoms with Gasteiger partial charge in [-0.1, -0.05) is 117 Å². The highest BCUT2D eigenvalue weighted by Gasteiger charge is 2.23. The monoisotopic (exact) mass is 534 g/mol. The average molecular weight is 535 g/mol. The van der Waals surface area contributed by atoms with Gasteiger partial charge in [-0.2, -0.15) is 5.10 Å². The van der Waals surface area contributed by atoms with Gasteiger partial charge in [-0.3, -0.25) is 14.7 Å². The molecule has 4 heteroatoms. The van der Waals surface area contributed by atoms with Crippen molar-refractivity contribution in [1.82, 2.24) is 9.78 Å². The summed E-state index contributed by atoms with van der Waals surface area (Å²) in [6.45, 7) is 22.9. The maximum atomic E-state index is 5.34. The van der Waals surface area contributed by atoms with Crippen LogP contribution in [0.2, 0.25) is 0 Å². The highest BCUT2D eigenvalue weighted by Crippen LogP contribution is 2.35. The molecular formula is C36H46N4. The molecule has 40 heavy (non-hydrogen) atoms. The maximum Gasteiger partial charge on any atom is 0.111 e. The molecule has 4 rings (SSSR count). The van der Waals surface area contributed by atoms with E-state index in [1.54, 1.807) is 0 Å². The number of para-hydroxylation sites is 3. The van der Waals surface area contributed by atoms with E-state index in [4.69, 9.17) is 15.1 Å². The van der Waals surface area contributed by atoms with Crippen LogP contribution in [-0.2, 0) is 6.54 Å². The zero-order valence-corrected chi connectivity index (χ0v) is 26.1. The Morgan fingerprint density at radius 3 is 1.90 bits per heavy atom. The van der Waals surface area contributed by atoms with E-state index in [0.29, 0.717) is 24.3 Å². The Morgan fingerprint density at radius 2 is 1.32 bits per heavy atom. The van der Waals surface area contributed by atoms with Gasteiger partial charge in [-0.25, -0.2) is 0 Å². The lowest BCUT2D eigenvalue weighted by Crippen LogP contribution is -2.26. The number of fused-ring (bicyclic) bond motifs is 1. The Hall–Kier alpha value is -3.53. The first-order valence-electron chi connectivity index (χ1n) is 14.7. The van der Waals surface area contributed by atoms with Gasteiger partial charge >= 0.3 is 0 Å². The normalized spacial score (nSPS) is 13.1. The van der Waals surface area contributed by atoms with Crippen LogP contribution < -0.4 is 0 Å². The van der Waals surface area contributed by atoms with Crippen molar-refractivity contribution in [3.05, 3.63) is 88.6 Å². The first kappa shape index (κ1) is 29.5. The molecule has 0 bridgehead atoms. The lowest BCUT2D eigenvalue weighted by molar-refractivity contribution is 0.560. The van der Waals surface area contributed by atoms with Gasteiger partial charge in [0.15, 0.2) is 0 Å².